The quantitative estimate of drug-likeness (QED) is 0.445. The molecule has 0 bridgehead atoms. The molecular formula is C21H25N5O2S2. The molecule has 158 valence electrons. The van der Waals surface area contributed by atoms with E-state index < -0.39 is 0 Å². The van der Waals surface area contributed by atoms with E-state index in [4.69, 9.17) is 0 Å². The molecule has 2 heterocycles. The van der Waals surface area contributed by atoms with Gasteiger partial charge in [-0.3, -0.25) is 9.59 Å². The predicted molar refractivity (Wildman–Crippen MR) is 120 cm³/mol. The van der Waals surface area contributed by atoms with Gasteiger partial charge < -0.3 is 15.2 Å². The van der Waals surface area contributed by atoms with Crippen LogP contribution in [0.25, 0.3) is 0 Å². The maximum absolute atomic E-state index is 12.1. The third-order valence-electron chi connectivity index (χ3n) is 4.40. The summed E-state index contributed by atoms with van der Waals surface area (Å²) in [6.07, 6.45) is 1.39. The molecule has 0 saturated heterocycles. The Morgan fingerprint density at radius 3 is 2.57 bits per heavy atom. The molecule has 0 aliphatic carbocycles. The number of rotatable bonds is 11. The lowest BCUT2D eigenvalue weighted by Gasteiger charge is -2.08. The van der Waals surface area contributed by atoms with E-state index in [-0.39, 0.29) is 11.8 Å². The van der Waals surface area contributed by atoms with Crippen molar-refractivity contribution in [3.05, 3.63) is 64.1 Å². The lowest BCUT2D eigenvalue weighted by atomic mass is 10.1. The number of amides is 2. The van der Waals surface area contributed by atoms with Crippen LogP contribution in [0.2, 0.25) is 0 Å². The van der Waals surface area contributed by atoms with Gasteiger partial charge in [-0.1, -0.05) is 48.2 Å². The highest BCUT2D eigenvalue weighted by Gasteiger charge is 2.14. The van der Waals surface area contributed by atoms with Crippen LogP contribution in [0, 0.1) is 0 Å². The van der Waals surface area contributed by atoms with Gasteiger partial charge in [-0.05, 0) is 30.4 Å². The standard InChI is InChI=1S/C21H25N5O2S2/c1-2-26-18(11-13-23-20(28)17-9-6-14-29-17)24-25-21(26)30-15-19(27)22-12-10-16-7-4-3-5-8-16/h3-9,14H,2,10-13,15H2,1H3,(H,22,27)(H,23,28). The van der Waals surface area contributed by atoms with Gasteiger partial charge in [0.05, 0.1) is 10.6 Å². The van der Waals surface area contributed by atoms with Crippen LogP contribution in [-0.2, 0) is 24.2 Å². The van der Waals surface area contributed by atoms with Gasteiger partial charge in [0.1, 0.15) is 5.82 Å². The first kappa shape index (κ1) is 22.0. The van der Waals surface area contributed by atoms with Crippen molar-refractivity contribution in [2.45, 2.75) is 31.5 Å². The van der Waals surface area contributed by atoms with Crippen LogP contribution in [0.15, 0.2) is 53.0 Å². The molecule has 0 saturated carbocycles. The van der Waals surface area contributed by atoms with Crippen LogP contribution in [0.1, 0.15) is 28.0 Å². The molecule has 0 atom stereocenters. The van der Waals surface area contributed by atoms with Crippen molar-refractivity contribution in [3.63, 3.8) is 0 Å². The highest BCUT2D eigenvalue weighted by Crippen LogP contribution is 2.17. The summed E-state index contributed by atoms with van der Waals surface area (Å²) in [6.45, 7) is 3.82. The fraction of sp³-hybridized carbons (Fsp3) is 0.333. The van der Waals surface area contributed by atoms with E-state index in [1.54, 1.807) is 6.07 Å². The third-order valence-corrected chi connectivity index (χ3v) is 6.24. The minimum atomic E-state index is -0.0747. The lowest BCUT2D eigenvalue weighted by molar-refractivity contribution is -0.118. The smallest absolute Gasteiger partial charge is 0.261 e. The van der Waals surface area contributed by atoms with Crippen molar-refractivity contribution >= 4 is 34.9 Å². The second kappa shape index (κ2) is 11.5. The normalized spacial score (nSPS) is 10.7. The van der Waals surface area contributed by atoms with E-state index in [0.717, 1.165) is 17.4 Å². The van der Waals surface area contributed by atoms with Crippen molar-refractivity contribution in [3.8, 4) is 0 Å². The van der Waals surface area contributed by atoms with Gasteiger partial charge in [0.2, 0.25) is 5.91 Å². The first-order valence-electron chi connectivity index (χ1n) is 9.84. The Hall–Kier alpha value is -2.65. The number of nitrogens with zero attached hydrogens (tertiary/aromatic N) is 3. The van der Waals surface area contributed by atoms with Crippen LogP contribution >= 0.6 is 23.1 Å². The summed E-state index contributed by atoms with van der Waals surface area (Å²) < 4.78 is 1.99. The minimum absolute atomic E-state index is 0.0219. The van der Waals surface area contributed by atoms with Gasteiger partial charge in [-0.25, -0.2) is 0 Å². The maximum atomic E-state index is 12.1. The number of thioether (sulfide) groups is 1. The molecule has 0 radical (unpaired) electrons. The molecule has 2 aromatic heterocycles. The molecule has 2 amide bonds. The van der Waals surface area contributed by atoms with E-state index in [1.807, 2.05) is 41.1 Å². The zero-order chi connectivity index (χ0) is 21.2. The van der Waals surface area contributed by atoms with E-state index in [1.165, 1.54) is 28.7 Å². The van der Waals surface area contributed by atoms with Gasteiger partial charge >= 0.3 is 0 Å². The van der Waals surface area contributed by atoms with Crippen molar-refractivity contribution in [2.24, 2.45) is 0 Å². The first-order chi connectivity index (χ1) is 14.7. The molecule has 9 heteroatoms. The average Bonchev–Trinajstić information content (AvgIpc) is 3.43. The molecule has 30 heavy (non-hydrogen) atoms. The van der Waals surface area contributed by atoms with Crippen molar-refractivity contribution < 1.29 is 9.59 Å². The van der Waals surface area contributed by atoms with Crippen LogP contribution in [0.5, 0.6) is 0 Å². The summed E-state index contributed by atoms with van der Waals surface area (Å²) in [5.41, 5.74) is 1.20. The number of thiophene rings is 1. The Balaban J connectivity index is 1.42. The van der Waals surface area contributed by atoms with E-state index in [9.17, 15) is 9.59 Å². The minimum Gasteiger partial charge on any atom is -0.355 e. The van der Waals surface area contributed by atoms with E-state index in [0.29, 0.717) is 36.7 Å². The van der Waals surface area contributed by atoms with Crippen LogP contribution in [0.3, 0.4) is 0 Å². The topological polar surface area (TPSA) is 88.9 Å². The maximum Gasteiger partial charge on any atom is 0.261 e. The molecule has 0 fully saturated rings. The van der Waals surface area contributed by atoms with Crippen molar-refractivity contribution in [2.75, 3.05) is 18.8 Å². The van der Waals surface area contributed by atoms with Crippen LogP contribution in [-0.4, -0.2) is 45.4 Å². The van der Waals surface area contributed by atoms with Crippen molar-refractivity contribution in [1.82, 2.24) is 25.4 Å². The lowest BCUT2D eigenvalue weighted by Crippen LogP contribution is -2.27. The van der Waals surface area contributed by atoms with Crippen LogP contribution < -0.4 is 10.6 Å². The molecule has 3 aromatic rings. The van der Waals surface area contributed by atoms with Crippen molar-refractivity contribution in [1.29, 1.82) is 0 Å². The number of nitrogens with one attached hydrogen (secondary N) is 2. The van der Waals surface area contributed by atoms with Gasteiger partial charge in [-0.2, -0.15) is 0 Å². The summed E-state index contributed by atoms with van der Waals surface area (Å²) in [5, 5.41) is 16.9. The second-order valence-electron chi connectivity index (χ2n) is 6.50. The Morgan fingerprint density at radius 1 is 1.03 bits per heavy atom. The summed E-state index contributed by atoms with van der Waals surface area (Å²) in [6, 6.07) is 13.7. The van der Waals surface area contributed by atoms with Gasteiger partial charge in [0.15, 0.2) is 5.16 Å². The fourth-order valence-corrected chi connectivity index (χ4v) is 4.37. The molecule has 0 aliphatic rings. The van der Waals surface area contributed by atoms with Gasteiger partial charge in [0.25, 0.3) is 5.91 Å². The number of carbonyl (C=O) groups excluding carboxylic acids is 2. The zero-order valence-electron chi connectivity index (χ0n) is 16.8. The SMILES string of the molecule is CCn1c(CCNC(=O)c2cccs2)nnc1SCC(=O)NCCc1ccccc1. The Bertz CT molecular complexity index is 942. The predicted octanol–water partition coefficient (Wildman–Crippen LogP) is 2.78. The third kappa shape index (κ3) is 6.43. The average molecular weight is 444 g/mol. The summed E-state index contributed by atoms with van der Waals surface area (Å²) >= 11 is 2.79. The molecular weight excluding hydrogens is 418 g/mol. The Labute approximate surface area is 184 Å². The molecule has 1 aromatic carbocycles. The highest BCUT2D eigenvalue weighted by molar-refractivity contribution is 7.99. The van der Waals surface area contributed by atoms with Crippen LogP contribution in [0.4, 0.5) is 0 Å². The highest BCUT2D eigenvalue weighted by atomic mass is 32.2. The first-order valence-corrected chi connectivity index (χ1v) is 11.7. The summed E-state index contributed by atoms with van der Waals surface area (Å²) in [4.78, 5) is 24.9. The fourth-order valence-electron chi connectivity index (χ4n) is 2.88. The largest absolute Gasteiger partial charge is 0.355 e. The number of aromatic nitrogens is 3. The Morgan fingerprint density at radius 2 is 1.83 bits per heavy atom. The molecule has 3 rings (SSSR count). The summed E-state index contributed by atoms with van der Waals surface area (Å²) in [7, 11) is 0. The number of carbonyl (C=O) groups is 2. The number of hydrogen-bond acceptors (Lipinski definition) is 6. The molecule has 0 aliphatic heterocycles. The molecule has 7 nitrogen and oxygen atoms in total. The number of benzene rings is 1. The summed E-state index contributed by atoms with van der Waals surface area (Å²) in [5.74, 6) is 0.999. The Kier molecular flexibility index (Phi) is 8.46. The molecule has 0 unspecified atom stereocenters. The van der Waals surface area contributed by atoms with E-state index in [2.05, 4.69) is 33.0 Å². The number of hydrogen-bond donors (Lipinski definition) is 2. The zero-order valence-corrected chi connectivity index (χ0v) is 18.5. The van der Waals surface area contributed by atoms with Gasteiger partial charge in [0, 0.05) is 26.1 Å². The molecule has 0 spiro atoms. The van der Waals surface area contributed by atoms with Gasteiger partial charge in [-0.15, -0.1) is 21.5 Å². The molecule has 2 N–H and O–H groups in total. The second-order valence-corrected chi connectivity index (χ2v) is 8.39. The monoisotopic (exact) mass is 443 g/mol. The van der Waals surface area contributed by atoms with E-state index >= 15 is 0 Å².